The third-order valence-corrected chi connectivity index (χ3v) is 3.75. The molecule has 2 N–H and O–H groups in total. The summed E-state index contributed by atoms with van der Waals surface area (Å²) in [6, 6.07) is 7.49. The van der Waals surface area contributed by atoms with Crippen LogP contribution in [-0.2, 0) is 4.79 Å². The molecule has 0 saturated heterocycles. The first-order valence-corrected chi connectivity index (χ1v) is 7.83. The summed E-state index contributed by atoms with van der Waals surface area (Å²) in [5, 5.41) is 5.44. The van der Waals surface area contributed by atoms with Crippen molar-refractivity contribution < 1.29 is 23.5 Å². The highest BCUT2D eigenvalue weighted by molar-refractivity contribution is 5.95. The molecule has 2 rings (SSSR count). The van der Waals surface area contributed by atoms with Crippen molar-refractivity contribution in [2.45, 2.75) is 25.9 Å². The van der Waals surface area contributed by atoms with Gasteiger partial charge in [-0.3, -0.25) is 9.59 Å². The third kappa shape index (κ3) is 4.53. The topological polar surface area (TPSA) is 89.8 Å². The minimum atomic E-state index is -0.718. The lowest BCUT2D eigenvalue weighted by molar-refractivity contribution is -0.123. The van der Waals surface area contributed by atoms with E-state index in [1.54, 1.807) is 39.3 Å². The van der Waals surface area contributed by atoms with E-state index in [4.69, 9.17) is 13.9 Å². The zero-order valence-corrected chi connectivity index (χ0v) is 14.7. The van der Waals surface area contributed by atoms with Crippen LogP contribution in [0.3, 0.4) is 0 Å². The van der Waals surface area contributed by atoms with Crippen LogP contribution >= 0.6 is 0 Å². The van der Waals surface area contributed by atoms with Gasteiger partial charge in [-0.1, -0.05) is 0 Å². The van der Waals surface area contributed by atoms with Gasteiger partial charge in [0, 0.05) is 11.6 Å². The normalized spacial score (nSPS) is 12.8. The molecule has 2 aromatic rings. The van der Waals surface area contributed by atoms with E-state index in [0.717, 1.165) is 5.56 Å². The van der Waals surface area contributed by atoms with E-state index in [9.17, 15) is 9.59 Å². The molecule has 2 amide bonds. The fourth-order valence-corrected chi connectivity index (χ4v) is 2.33. The molecule has 0 radical (unpaired) electrons. The number of furan rings is 1. The SMILES string of the molecule is COc1ccc(C(C)NC(=O)C(C)NC(=O)c2ccco2)c(OC)c1. The Bertz CT molecular complexity index is 727. The Labute approximate surface area is 146 Å². The van der Waals surface area contributed by atoms with Crippen molar-refractivity contribution >= 4 is 11.8 Å². The number of benzene rings is 1. The van der Waals surface area contributed by atoms with Crippen LogP contribution in [0.25, 0.3) is 0 Å². The first-order valence-electron chi connectivity index (χ1n) is 7.83. The van der Waals surface area contributed by atoms with Gasteiger partial charge in [-0.25, -0.2) is 0 Å². The van der Waals surface area contributed by atoms with Gasteiger partial charge in [0.15, 0.2) is 5.76 Å². The molecule has 1 heterocycles. The first-order chi connectivity index (χ1) is 12.0. The maximum absolute atomic E-state index is 12.3. The predicted molar refractivity (Wildman–Crippen MR) is 91.7 cm³/mol. The molecule has 0 aliphatic carbocycles. The molecular formula is C18H22N2O5. The molecule has 1 aromatic heterocycles. The van der Waals surface area contributed by atoms with E-state index in [1.165, 1.54) is 12.3 Å². The maximum atomic E-state index is 12.3. The van der Waals surface area contributed by atoms with Crippen LogP contribution in [0.4, 0.5) is 0 Å². The number of carbonyl (C=O) groups is 2. The lowest BCUT2D eigenvalue weighted by atomic mass is 10.1. The van der Waals surface area contributed by atoms with E-state index in [1.807, 2.05) is 13.0 Å². The van der Waals surface area contributed by atoms with Gasteiger partial charge in [-0.15, -0.1) is 0 Å². The monoisotopic (exact) mass is 346 g/mol. The predicted octanol–water partition coefficient (Wildman–Crippen LogP) is 2.29. The van der Waals surface area contributed by atoms with E-state index >= 15 is 0 Å². The molecule has 7 heteroatoms. The van der Waals surface area contributed by atoms with Crippen molar-refractivity contribution in [3.63, 3.8) is 0 Å². The Balaban J connectivity index is 2.00. The molecule has 0 bridgehead atoms. The summed E-state index contributed by atoms with van der Waals surface area (Å²) in [6.45, 7) is 3.44. The summed E-state index contributed by atoms with van der Waals surface area (Å²) in [5.74, 6) is 0.676. The number of methoxy groups -OCH3 is 2. The lowest BCUT2D eigenvalue weighted by Gasteiger charge is -2.20. The zero-order chi connectivity index (χ0) is 18.4. The molecule has 0 saturated carbocycles. The Morgan fingerprint density at radius 2 is 1.84 bits per heavy atom. The van der Waals surface area contributed by atoms with Crippen molar-refractivity contribution in [3.05, 3.63) is 47.9 Å². The van der Waals surface area contributed by atoms with E-state index < -0.39 is 11.9 Å². The zero-order valence-electron chi connectivity index (χ0n) is 14.7. The minimum Gasteiger partial charge on any atom is -0.497 e. The number of nitrogens with one attached hydrogen (secondary N) is 2. The Morgan fingerprint density at radius 3 is 2.44 bits per heavy atom. The van der Waals surface area contributed by atoms with Crippen LogP contribution in [0.1, 0.15) is 36.0 Å². The molecule has 0 fully saturated rings. The van der Waals surface area contributed by atoms with Gasteiger partial charge in [-0.2, -0.15) is 0 Å². The van der Waals surface area contributed by atoms with Crippen LogP contribution < -0.4 is 20.1 Å². The smallest absolute Gasteiger partial charge is 0.287 e. The van der Waals surface area contributed by atoms with Gasteiger partial charge in [0.25, 0.3) is 5.91 Å². The number of amides is 2. The highest BCUT2D eigenvalue weighted by atomic mass is 16.5. The average Bonchev–Trinajstić information content (AvgIpc) is 3.15. The highest BCUT2D eigenvalue weighted by Gasteiger charge is 2.21. The first kappa shape index (κ1) is 18.4. The van der Waals surface area contributed by atoms with Gasteiger partial charge < -0.3 is 24.5 Å². The molecule has 0 aliphatic rings. The summed E-state index contributed by atoms with van der Waals surface area (Å²) in [4.78, 5) is 24.3. The van der Waals surface area contributed by atoms with Crippen molar-refractivity contribution in [1.82, 2.24) is 10.6 Å². The number of ether oxygens (including phenoxy) is 2. The molecule has 2 atom stereocenters. The Morgan fingerprint density at radius 1 is 1.08 bits per heavy atom. The molecule has 2 unspecified atom stereocenters. The summed E-state index contributed by atoms with van der Waals surface area (Å²) in [6.07, 6.45) is 1.40. The quantitative estimate of drug-likeness (QED) is 0.803. The van der Waals surface area contributed by atoms with Crippen LogP contribution in [0, 0.1) is 0 Å². The van der Waals surface area contributed by atoms with Crippen molar-refractivity contribution in [1.29, 1.82) is 0 Å². The van der Waals surface area contributed by atoms with E-state index in [0.29, 0.717) is 11.5 Å². The molecule has 25 heavy (non-hydrogen) atoms. The van der Waals surface area contributed by atoms with Gasteiger partial charge >= 0.3 is 0 Å². The maximum Gasteiger partial charge on any atom is 0.287 e. The Kier molecular flexibility index (Phi) is 6.05. The molecule has 1 aromatic carbocycles. The molecular weight excluding hydrogens is 324 g/mol. The fourth-order valence-electron chi connectivity index (χ4n) is 2.33. The summed E-state index contributed by atoms with van der Waals surface area (Å²) in [5.41, 5.74) is 0.807. The second-order valence-corrected chi connectivity index (χ2v) is 5.51. The van der Waals surface area contributed by atoms with Crippen LogP contribution in [-0.4, -0.2) is 32.1 Å². The largest absolute Gasteiger partial charge is 0.497 e. The number of rotatable bonds is 7. The lowest BCUT2D eigenvalue weighted by Crippen LogP contribution is -2.45. The number of hydrogen-bond donors (Lipinski definition) is 2. The van der Waals surface area contributed by atoms with Gasteiger partial charge in [-0.05, 0) is 38.1 Å². The van der Waals surface area contributed by atoms with E-state index in [-0.39, 0.29) is 17.7 Å². The third-order valence-electron chi connectivity index (χ3n) is 3.75. The van der Waals surface area contributed by atoms with Gasteiger partial charge in [0.1, 0.15) is 17.5 Å². The fraction of sp³-hybridized carbons (Fsp3) is 0.333. The summed E-state index contributed by atoms with van der Waals surface area (Å²) >= 11 is 0. The van der Waals surface area contributed by atoms with Crippen LogP contribution in [0.15, 0.2) is 41.0 Å². The van der Waals surface area contributed by atoms with Gasteiger partial charge in [0.2, 0.25) is 5.91 Å². The van der Waals surface area contributed by atoms with Crippen molar-refractivity contribution in [2.75, 3.05) is 14.2 Å². The molecule has 0 spiro atoms. The average molecular weight is 346 g/mol. The molecule has 7 nitrogen and oxygen atoms in total. The van der Waals surface area contributed by atoms with Crippen molar-refractivity contribution in [2.24, 2.45) is 0 Å². The Hall–Kier alpha value is -2.96. The van der Waals surface area contributed by atoms with Gasteiger partial charge in [0.05, 0.1) is 26.5 Å². The summed E-state index contributed by atoms with van der Waals surface area (Å²) < 4.78 is 15.5. The van der Waals surface area contributed by atoms with Crippen molar-refractivity contribution in [3.8, 4) is 11.5 Å². The minimum absolute atomic E-state index is 0.157. The highest BCUT2D eigenvalue weighted by Crippen LogP contribution is 2.29. The number of hydrogen-bond acceptors (Lipinski definition) is 5. The second-order valence-electron chi connectivity index (χ2n) is 5.51. The molecule has 134 valence electrons. The van der Waals surface area contributed by atoms with Crippen LogP contribution in [0.5, 0.6) is 11.5 Å². The standard InChI is InChI=1S/C18H22N2O5/c1-11(14-8-7-13(23-3)10-16(14)24-4)19-17(21)12(2)20-18(22)15-6-5-9-25-15/h5-12H,1-4H3,(H,19,21)(H,20,22). The molecule has 0 aliphatic heterocycles. The van der Waals surface area contributed by atoms with Crippen LogP contribution in [0.2, 0.25) is 0 Å². The van der Waals surface area contributed by atoms with E-state index in [2.05, 4.69) is 10.6 Å². The summed E-state index contributed by atoms with van der Waals surface area (Å²) in [7, 11) is 3.13. The second kappa shape index (κ2) is 8.23. The number of carbonyl (C=O) groups excluding carboxylic acids is 2.